The fourth-order valence-electron chi connectivity index (χ4n) is 1.28. The molecule has 0 saturated carbocycles. The maximum Gasteiger partial charge on any atom is 0.333 e. The monoisotopic (exact) mass is 400 g/mol. The van der Waals surface area contributed by atoms with E-state index in [1.165, 1.54) is 13.8 Å². The quantitative estimate of drug-likeness (QED) is 0.252. The van der Waals surface area contributed by atoms with E-state index in [9.17, 15) is 29.4 Å². The second kappa shape index (κ2) is 13.2. The van der Waals surface area contributed by atoms with Crippen molar-refractivity contribution in [1.82, 2.24) is 0 Å². The van der Waals surface area contributed by atoms with E-state index in [4.69, 9.17) is 0 Å². The Kier molecular flexibility index (Phi) is 11.8. The highest BCUT2D eigenvalue weighted by atomic mass is 16.6. The highest BCUT2D eigenvalue weighted by molar-refractivity contribution is 5.91. The molecule has 0 aliphatic carbocycles. The molecular weight excluding hydrogens is 376 g/mol. The molecule has 2 N–H and O–H groups in total. The van der Waals surface area contributed by atoms with Crippen molar-refractivity contribution in [2.75, 3.05) is 26.4 Å². The molecule has 10 nitrogen and oxygen atoms in total. The molecule has 0 aliphatic heterocycles. The highest BCUT2D eigenvalue weighted by Crippen LogP contribution is 1.97. The minimum absolute atomic E-state index is 0.157. The molecule has 0 aromatic heterocycles. The molecule has 0 rings (SSSR count). The zero-order valence-corrected chi connectivity index (χ0v) is 15.7. The van der Waals surface area contributed by atoms with Crippen molar-refractivity contribution in [2.45, 2.75) is 26.1 Å². The summed E-state index contributed by atoms with van der Waals surface area (Å²) < 4.78 is 18.6. The van der Waals surface area contributed by atoms with Crippen LogP contribution in [0.5, 0.6) is 0 Å². The molecule has 156 valence electrons. The predicted molar refractivity (Wildman–Crippen MR) is 94.6 cm³/mol. The first-order valence-corrected chi connectivity index (χ1v) is 8.05. The summed E-state index contributed by atoms with van der Waals surface area (Å²) in [4.78, 5) is 45.1. The summed E-state index contributed by atoms with van der Waals surface area (Å²) >= 11 is 0. The fraction of sp³-hybridized carbons (Fsp3) is 0.444. The molecule has 0 fully saturated rings. The van der Waals surface area contributed by atoms with Crippen molar-refractivity contribution in [2.24, 2.45) is 0 Å². The van der Waals surface area contributed by atoms with Crippen molar-refractivity contribution in [1.29, 1.82) is 0 Å². The van der Waals surface area contributed by atoms with Crippen LogP contribution < -0.4 is 0 Å². The van der Waals surface area contributed by atoms with Crippen LogP contribution in [0.1, 0.15) is 13.8 Å². The van der Waals surface area contributed by atoms with E-state index in [0.717, 1.165) is 12.2 Å². The van der Waals surface area contributed by atoms with Gasteiger partial charge in [-0.25, -0.2) is 19.2 Å². The first-order valence-electron chi connectivity index (χ1n) is 8.05. The van der Waals surface area contributed by atoms with Gasteiger partial charge in [0.05, 0.1) is 0 Å². The fourth-order valence-corrected chi connectivity index (χ4v) is 1.28. The molecule has 0 aromatic rings. The van der Waals surface area contributed by atoms with E-state index in [1.807, 2.05) is 0 Å². The predicted octanol–water partition coefficient (Wildman–Crippen LogP) is -0.411. The van der Waals surface area contributed by atoms with E-state index in [2.05, 4.69) is 32.1 Å². The number of rotatable bonds is 12. The summed E-state index contributed by atoms with van der Waals surface area (Å²) in [5, 5.41) is 19.0. The van der Waals surface area contributed by atoms with E-state index in [0.29, 0.717) is 0 Å². The Hall–Kier alpha value is -2.98. The normalized spacial score (nSPS) is 12.6. The molecule has 10 heteroatoms. The molecule has 0 radical (unpaired) electrons. The maximum absolute atomic E-state index is 11.4. The van der Waals surface area contributed by atoms with Gasteiger partial charge in [-0.2, -0.15) is 0 Å². The van der Waals surface area contributed by atoms with Gasteiger partial charge in [0.1, 0.15) is 38.6 Å². The Labute approximate surface area is 162 Å². The van der Waals surface area contributed by atoms with E-state index in [1.54, 1.807) is 0 Å². The number of aliphatic hydroxyl groups is 2. The molecule has 0 bridgehead atoms. The molecule has 0 saturated heterocycles. The third-order valence-electron chi connectivity index (χ3n) is 2.70. The van der Waals surface area contributed by atoms with Gasteiger partial charge in [0.25, 0.3) is 0 Å². The zero-order valence-electron chi connectivity index (χ0n) is 15.7. The van der Waals surface area contributed by atoms with Gasteiger partial charge in [-0.05, 0) is 13.8 Å². The molecule has 0 amide bonds. The van der Waals surface area contributed by atoms with Crippen molar-refractivity contribution >= 4 is 23.9 Å². The van der Waals surface area contributed by atoms with Crippen molar-refractivity contribution in [3.8, 4) is 0 Å². The SMILES string of the molecule is C=C(C)C(=O)OCC(O)COC(=O)/C=C\C(=O)OCC(O)COC(=O)C(=C)C. The van der Waals surface area contributed by atoms with E-state index >= 15 is 0 Å². The average Bonchev–Trinajstić information content (AvgIpc) is 2.64. The summed E-state index contributed by atoms with van der Waals surface area (Å²) in [6.45, 7) is 7.89. The largest absolute Gasteiger partial charge is 0.460 e. The summed E-state index contributed by atoms with van der Waals surface area (Å²) in [5.74, 6) is -3.27. The van der Waals surface area contributed by atoms with Gasteiger partial charge in [-0.3, -0.25) is 0 Å². The third-order valence-corrected chi connectivity index (χ3v) is 2.70. The number of aliphatic hydroxyl groups excluding tert-OH is 2. The molecular formula is C18H24O10. The van der Waals surface area contributed by atoms with Crippen LogP contribution in [0.2, 0.25) is 0 Å². The minimum atomic E-state index is -1.25. The van der Waals surface area contributed by atoms with Gasteiger partial charge < -0.3 is 29.2 Å². The number of ether oxygens (including phenoxy) is 4. The first-order chi connectivity index (χ1) is 13.0. The Morgan fingerprint density at radius 2 is 1.00 bits per heavy atom. The van der Waals surface area contributed by atoms with Crippen molar-refractivity contribution in [3.63, 3.8) is 0 Å². The van der Waals surface area contributed by atoms with Crippen LogP contribution in [-0.2, 0) is 38.1 Å². The Morgan fingerprint density at radius 3 is 1.29 bits per heavy atom. The average molecular weight is 400 g/mol. The molecule has 0 aromatic carbocycles. The summed E-state index contributed by atoms with van der Waals surface area (Å²) in [6, 6.07) is 0. The minimum Gasteiger partial charge on any atom is -0.460 e. The van der Waals surface area contributed by atoms with Crippen LogP contribution >= 0.6 is 0 Å². The summed E-state index contributed by atoms with van der Waals surface area (Å²) in [5.41, 5.74) is 0.314. The summed E-state index contributed by atoms with van der Waals surface area (Å²) in [7, 11) is 0. The third kappa shape index (κ3) is 12.4. The second-order valence-corrected chi connectivity index (χ2v) is 5.66. The molecule has 2 unspecified atom stereocenters. The Balaban J connectivity index is 4.05. The Bertz CT molecular complexity index is 580. The number of esters is 4. The molecule has 28 heavy (non-hydrogen) atoms. The van der Waals surface area contributed by atoms with Crippen LogP contribution in [-0.4, -0.2) is 72.7 Å². The van der Waals surface area contributed by atoms with Crippen molar-refractivity contribution in [3.05, 3.63) is 36.5 Å². The van der Waals surface area contributed by atoms with Gasteiger partial charge in [-0.15, -0.1) is 0 Å². The van der Waals surface area contributed by atoms with E-state index < -0.39 is 62.5 Å². The van der Waals surface area contributed by atoms with Crippen LogP contribution in [0.15, 0.2) is 36.5 Å². The second-order valence-electron chi connectivity index (χ2n) is 5.66. The van der Waals surface area contributed by atoms with Crippen LogP contribution in [0, 0.1) is 0 Å². The van der Waals surface area contributed by atoms with Crippen LogP contribution in [0.25, 0.3) is 0 Å². The maximum atomic E-state index is 11.4. The highest BCUT2D eigenvalue weighted by Gasteiger charge is 2.13. The van der Waals surface area contributed by atoms with Gasteiger partial charge >= 0.3 is 23.9 Å². The number of hydrogen-bond donors (Lipinski definition) is 2. The lowest BCUT2D eigenvalue weighted by Gasteiger charge is -2.11. The van der Waals surface area contributed by atoms with Gasteiger partial charge in [0.2, 0.25) is 0 Å². The molecule has 2 atom stereocenters. The Morgan fingerprint density at radius 1 is 0.714 bits per heavy atom. The number of hydrogen-bond acceptors (Lipinski definition) is 10. The smallest absolute Gasteiger partial charge is 0.333 e. The first kappa shape index (κ1) is 25.0. The molecule has 0 spiro atoms. The summed E-state index contributed by atoms with van der Waals surface area (Å²) in [6.07, 6.45) is -0.987. The molecule has 0 heterocycles. The number of carbonyl (C=O) groups is 4. The lowest BCUT2D eigenvalue weighted by molar-refractivity contribution is -0.149. The lowest BCUT2D eigenvalue weighted by atomic mass is 10.3. The van der Waals surface area contributed by atoms with Crippen LogP contribution in [0.3, 0.4) is 0 Å². The topological polar surface area (TPSA) is 146 Å². The van der Waals surface area contributed by atoms with E-state index in [-0.39, 0.29) is 11.1 Å². The van der Waals surface area contributed by atoms with Gasteiger partial charge in [0.15, 0.2) is 0 Å². The lowest BCUT2D eigenvalue weighted by Crippen LogP contribution is -2.25. The zero-order chi connectivity index (χ0) is 21.7. The number of carbonyl (C=O) groups excluding carboxylic acids is 4. The standard InChI is InChI=1S/C18H24O10/c1-11(2)17(23)27-9-13(19)7-25-15(21)5-6-16(22)26-8-14(20)10-28-18(24)12(3)4/h5-6,13-14,19-20H,1,3,7-10H2,2,4H3/b6-5-. The van der Waals surface area contributed by atoms with Gasteiger partial charge in [-0.1, -0.05) is 13.2 Å². The van der Waals surface area contributed by atoms with Crippen molar-refractivity contribution < 1.29 is 48.3 Å². The van der Waals surface area contributed by atoms with Crippen LogP contribution in [0.4, 0.5) is 0 Å². The van der Waals surface area contributed by atoms with Gasteiger partial charge in [0, 0.05) is 23.3 Å². The molecule has 0 aliphatic rings.